The first-order chi connectivity index (χ1) is 22.7. The van der Waals surface area contributed by atoms with Crippen LogP contribution in [0.3, 0.4) is 0 Å². The van der Waals surface area contributed by atoms with Crippen molar-refractivity contribution in [2.45, 2.75) is 110 Å². The van der Waals surface area contributed by atoms with Crippen molar-refractivity contribution in [2.24, 2.45) is 17.8 Å². The Bertz CT molecular complexity index is 1300. The van der Waals surface area contributed by atoms with E-state index in [1.807, 2.05) is 71.9 Å². The Hall–Kier alpha value is -3.96. The first kappa shape index (κ1) is 38.5. The molecule has 2 fully saturated rings. The molecule has 2 aliphatic rings. The second-order valence-corrected chi connectivity index (χ2v) is 14.0. The molecule has 1 unspecified atom stereocenters. The third kappa shape index (κ3) is 9.56. The van der Waals surface area contributed by atoms with E-state index in [1.54, 1.807) is 14.1 Å². The molecule has 0 aliphatic carbocycles. The monoisotopic (exact) mass is 669 g/mol. The highest BCUT2D eigenvalue weighted by molar-refractivity contribution is 5.96. The fraction of sp³-hybridized carbons (Fsp3) is 0.667. The summed E-state index contributed by atoms with van der Waals surface area (Å²) in [6, 6.07) is 5.58. The van der Waals surface area contributed by atoms with Gasteiger partial charge in [0.15, 0.2) is 6.10 Å². The van der Waals surface area contributed by atoms with E-state index >= 15 is 0 Å². The van der Waals surface area contributed by atoms with Crippen LogP contribution < -0.4 is 10.6 Å². The lowest BCUT2D eigenvalue weighted by atomic mass is 9.93. The molecule has 0 bridgehead atoms. The molecule has 0 aromatic heterocycles. The second kappa shape index (κ2) is 17.4. The molecule has 1 aromatic rings. The standard InChI is InChI=1S/C36H55N5O7/c1-9-24(6)31-36(47)39(7)30(23(4)5)33(44)37-18-17-29(42)48-28(20-22(2)3)35(46)41-19-13-16-27(41)32(43)38-26(34(45)40(31)8)21-25-14-11-10-12-15-25/h10-12,14-15,22-24,26-28,30-31H,9,13,16-21H2,1-8H3,(H,37,44)(H,38,43)/t24?,26-,27-,28-,30-,31-/m0/s1. The van der Waals surface area contributed by atoms with Crippen molar-refractivity contribution in [2.75, 3.05) is 27.2 Å². The second-order valence-electron chi connectivity index (χ2n) is 14.0. The van der Waals surface area contributed by atoms with Crippen molar-refractivity contribution < 1.29 is 33.5 Å². The molecule has 2 heterocycles. The van der Waals surface area contributed by atoms with Crippen molar-refractivity contribution in [3.05, 3.63) is 35.9 Å². The van der Waals surface area contributed by atoms with Gasteiger partial charge in [-0.05, 0) is 42.6 Å². The Kier molecular flexibility index (Phi) is 14.0. The van der Waals surface area contributed by atoms with Gasteiger partial charge in [0, 0.05) is 33.6 Å². The number of carbonyl (C=O) groups excluding carboxylic acids is 6. The van der Waals surface area contributed by atoms with Crippen LogP contribution in [0, 0.1) is 17.8 Å². The van der Waals surface area contributed by atoms with Crippen molar-refractivity contribution in [1.29, 1.82) is 0 Å². The van der Waals surface area contributed by atoms with Gasteiger partial charge >= 0.3 is 5.97 Å². The number of nitrogens with zero attached hydrogens (tertiary/aromatic N) is 3. The van der Waals surface area contributed by atoms with Crippen LogP contribution >= 0.6 is 0 Å². The predicted molar refractivity (Wildman–Crippen MR) is 181 cm³/mol. The number of benzene rings is 1. The molecule has 2 N–H and O–H groups in total. The van der Waals surface area contributed by atoms with Gasteiger partial charge in [-0.2, -0.15) is 0 Å². The van der Waals surface area contributed by atoms with Gasteiger partial charge in [-0.25, -0.2) is 0 Å². The highest BCUT2D eigenvalue weighted by Crippen LogP contribution is 2.24. The number of esters is 1. The Labute approximate surface area is 285 Å². The minimum atomic E-state index is -1.10. The average Bonchev–Trinajstić information content (AvgIpc) is 3.53. The van der Waals surface area contributed by atoms with Gasteiger partial charge in [0.1, 0.15) is 24.2 Å². The zero-order valence-electron chi connectivity index (χ0n) is 29.9. The molecule has 12 nitrogen and oxygen atoms in total. The van der Waals surface area contributed by atoms with Gasteiger partial charge in [-0.3, -0.25) is 28.8 Å². The molecule has 0 radical (unpaired) electrons. The highest BCUT2D eigenvalue weighted by atomic mass is 16.5. The number of ether oxygens (including phenoxy) is 1. The fourth-order valence-electron chi connectivity index (χ4n) is 6.71. The normalized spacial score (nSPS) is 26.5. The molecule has 12 heteroatoms. The van der Waals surface area contributed by atoms with E-state index < -0.39 is 65.8 Å². The average molecular weight is 670 g/mol. The Morgan fingerprint density at radius 3 is 2.10 bits per heavy atom. The maximum absolute atomic E-state index is 14.4. The van der Waals surface area contributed by atoms with Crippen molar-refractivity contribution >= 4 is 35.5 Å². The van der Waals surface area contributed by atoms with Gasteiger partial charge in [0.25, 0.3) is 5.91 Å². The van der Waals surface area contributed by atoms with Crippen LogP contribution in [0.4, 0.5) is 0 Å². The molecular weight excluding hydrogens is 614 g/mol. The van der Waals surface area contributed by atoms with Gasteiger partial charge in [0.05, 0.1) is 6.42 Å². The van der Waals surface area contributed by atoms with Gasteiger partial charge in [-0.15, -0.1) is 0 Å². The number of fused-ring (bicyclic) bond motifs is 1. The quantitative estimate of drug-likeness (QED) is 0.425. The Morgan fingerprint density at radius 2 is 1.50 bits per heavy atom. The molecule has 1 aromatic carbocycles. The fourth-order valence-corrected chi connectivity index (χ4v) is 6.71. The van der Waals surface area contributed by atoms with Crippen LogP contribution in [0.2, 0.25) is 0 Å². The highest BCUT2D eigenvalue weighted by Gasteiger charge is 2.43. The molecule has 266 valence electrons. The lowest BCUT2D eigenvalue weighted by molar-refractivity contribution is -0.162. The van der Waals surface area contributed by atoms with Gasteiger partial charge < -0.3 is 30.1 Å². The summed E-state index contributed by atoms with van der Waals surface area (Å²) < 4.78 is 5.68. The SMILES string of the molecule is CCC(C)[C@H]1C(=O)N(C)[C@@H](C(C)C)C(=O)NCCC(=O)O[C@@H](CC(C)C)C(=O)N2CCC[C@H]2C(=O)N[C@@H](Cc2ccccc2)C(=O)N1C. The molecule has 2 saturated heterocycles. The summed E-state index contributed by atoms with van der Waals surface area (Å²) >= 11 is 0. The predicted octanol–water partition coefficient (Wildman–Crippen LogP) is 2.54. The van der Waals surface area contributed by atoms with E-state index in [2.05, 4.69) is 10.6 Å². The summed E-state index contributed by atoms with van der Waals surface area (Å²) in [5, 5.41) is 5.70. The maximum Gasteiger partial charge on any atom is 0.308 e. The number of likely N-dealkylation sites (N-methyl/N-ethyl adjacent to an activating group) is 2. The lowest BCUT2D eigenvalue weighted by Crippen LogP contribution is -2.61. The number of hydrogen-bond donors (Lipinski definition) is 2. The zero-order chi connectivity index (χ0) is 35.7. The maximum atomic E-state index is 14.4. The smallest absolute Gasteiger partial charge is 0.308 e. The van der Waals surface area contributed by atoms with E-state index in [4.69, 9.17) is 4.74 Å². The molecule has 6 atom stereocenters. The van der Waals surface area contributed by atoms with E-state index in [0.717, 1.165) is 5.56 Å². The summed E-state index contributed by atoms with van der Waals surface area (Å²) in [6.45, 7) is 11.5. The third-order valence-corrected chi connectivity index (χ3v) is 9.46. The van der Waals surface area contributed by atoms with Crippen LogP contribution in [0.1, 0.15) is 79.2 Å². The number of carbonyl (C=O) groups is 6. The Balaban J connectivity index is 2.10. The van der Waals surface area contributed by atoms with Gasteiger partial charge in [0.2, 0.25) is 23.6 Å². The van der Waals surface area contributed by atoms with Crippen LogP contribution in [-0.2, 0) is 39.9 Å². The third-order valence-electron chi connectivity index (χ3n) is 9.46. The topological polar surface area (TPSA) is 145 Å². The molecule has 5 amide bonds. The summed E-state index contributed by atoms with van der Waals surface area (Å²) in [5.41, 5.74) is 0.811. The Morgan fingerprint density at radius 1 is 0.854 bits per heavy atom. The van der Waals surface area contributed by atoms with E-state index in [1.165, 1.54) is 14.7 Å². The lowest BCUT2D eigenvalue weighted by Gasteiger charge is -2.39. The van der Waals surface area contributed by atoms with Crippen molar-refractivity contribution in [3.8, 4) is 0 Å². The van der Waals surface area contributed by atoms with Crippen LogP contribution in [0.25, 0.3) is 0 Å². The number of nitrogens with one attached hydrogen (secondary N) is 2. The summed E-state index contributed by atoms with van der Waals surface area (Å²) in [4.78, 5) is 87.1. The molecule has 2 aliphatic heterocycles. The van der Waals surface area contributed by atoms with Crippen molar-refractivity contribution in [3.63, 3.8) is 0 Å². The zero-order valence-corrected chi connectivity index (χ0v) is 29.9. The van der Waals surface area contributed by atoms with Crippen LogP contribution in [-0.4, -0.2) is 108 Å². The molecular formula is C36H55N5O7. The van der Waals surface area contributed by atoms with Crippen LogP contribution in [0.5, 0.6) is 0 Å². The van der Waals surface area contributed by atoms with E-state index in [0.29, 0.717) is 25.8 Å². The number of hydrogen-bond acceptors (Lipinski definition) is 7. The summed E-state index contributed by atoms with van der Waals surface area (Å²) in [6.07, 6.45) is 0.703. The molecule has 3 rings (SSSR count). The van der Waals surface area contributed by atoms with E-state index in [-0.39, 0.29) is 43.6 Å². The van der Waals surface area contributed by atoms with Gasteiger partial charge in [-0.1, -0.05) is 78.3 Å². The molecule has 0 spiro atoms. The largest absolute Gasteiger partial charge is 0.452 e. The molecule has 0 saturated carbocycles. The minimum Gasteiger partial charge on any atom is -0.452 e. The number of rotatable bonds is 7. The number of cyclic esters (lactones) is 1. The van der Waals surface area contributed by atoms with E-state index in [9.17, 15) is 28.8 Å². The summed E-state index contributed by atoms with van der Waals surface area (Å²) in [7, 11) is 3.12. The molecule has 48 heavy (non-hydrogen) atoms. The minimum absolute atomic E-state index is 0.0182. The summed E-state index contributed by atoms with van der Waals surface area (Å²) in [5.74, 6) is -3.42. The number of amides is 5. The van der Waals surface area contributed by atoms with Crippen molar-refractivity contribution in [1.82, 2.24) is 25.3 Å². The first-order valence-electron chi connectivity index (χ1n) is 17.3. The van der Waals surface area contributed by atoms with Crippen LogP contribution in [0.15, 0.2) is 30.3 Å². The first-order valence-corrected chi connectivity index (χ1v) is 17.3.